The van der Waals surface area contributed by atoms with Crippen LogP contribution in [0.1, 0.15) is 49.0 Å². The highest BCUT2D eigenvalue weighted by atomic mass is 19.3. The van der Waals surface area contributed by atoms with Gasteiger partial charge in [-0.05, 0) is 32.9 Å². The standard InChI is InChI=1S/C21H23F3N4O5/c1-21(2,3)33-20(30)28-4-5-31-10-12(28)8-27-9-14-13(19(27)29)6-11(7-15(14)22)17-25-26-18(32-17)16(23)24/h6-7,12,16H,4-5,8-10H2,1-3H3/t12-/m0/s1. The molecule has 1 saturated heterocycles. The maximum Gasteiger partial charge on any atom is 0.410 e. The zero-order valence-electron chi connectivity index (χ0n) is 18.3. The number of rotatable bonds is 4. The smallest absolute Gasteiger partial charge is 0.410 e. The molecule has 0 saturated carbocycles. The Bertz CT molecular complexity index is 1070. The van der Waals surface area contributed by atoms with Crippen LogP contribution < -0.4 is 0 Å². The Morgan fingerprint density at radius 2 is 2.06 bits per heavy atom. The number of halogens is 3. The predicted octanol–water partition coefficient (Wildman–Crippen LogP) is 3.41. The first-order valence-electron chi connectivity index (χ1n) is 10.3. The molecule has 2 aliphatic heterocycles. The predicted molar refractivity (Wildman–Crippen MR) is 107 cm³/mol. The van der Waals surface area contributed by atoms with E-state index in [2.05, 4.69) is 10.2 Å². The molecular formula is C21H23F3N4O5. The van der Waals surface area contributed by atoms with Gasteiger partial charge in [0.1, 0.15) is 11.4 Å². The molecule has 0 N–H and O–H groups in total. The van der Waals surface area contributed by atoms with Gasteiger partial charge in [-0.25, -0.2) is 9.18 Å². The van der Waals surface area contributed by atoms with E-state index in [9.17, 15) is 22.8 Å². The molecule has 0 spiro atoms. The van der Waals surface area contributed by atoms with Gasteiger partial charge in [-0.3, -0.25) is 9.69 Å². The number of benzene rings is 1. The van der Waals surface area contributed by atoms with E-state index in [-0.39, 0.29) is 42.3 Å². The van der Waals surface area contributed by atoms with E-state index in [1.807, 2.05) is 0 Å². The third-order valence-electron chi connectivity index (χ3n) is 5.22. The number of carbonyl (C=O) groups is 2. The SMILES string of the molecule is CC(C)(C)OC(=O)N1CCOC[C@@H]1CN1Cc2c(F)cc(-c3nnc(C(F)F)o3)cc2C1=O. The van der Waals surface area contributed by atoms with Crippen LogP contribution in [0.2, 0.25) is 0 Å². The van der Waals surface area contributed by atoms with Gasteiger partial charge in [0.2, 0.25) is 5.89 Å². The molecule has 1 aromatic heterocycles. The number of alkyl halides is 2. The number of hydrogen-bond acceptors (Lipinski definition) is 7. The van der Waals surface area contributed by atoms with Crippen molar-refractivity contribution in [2.75, 3.05) is 26.3 Å². The second kappa shape index (κ2) is 8.65. The summed E-state index contributed by atoms with van der Waals surface area (Å²) in [5, 5.41) is 6.74. The summed E-state index contributed by atoms with van der Waals surface area (Å²) in [6.07, 6.45) is -3.48. The first-order valence-corrected chi connectivity index (χ1v) is 10.3. The topological polar surface area (TPSA) is 98.0 Å². The molecule has 1 aromatic carbocycles. The highest BCUT2D eigenvalue weighted by molar-refractivity contribution is 5.99. The lowest BCUT2D eigenvalue weighted by Crippen LogP contribution is -2.54. The van der Waals surface area contributed by atoms with Crippen LogP contribution in [-0.2, 0) is 16.0 Å². The van der Waals surface area contributed by atoms with Gasteiger partial charge in [0.05, 0.1) is 19.3 Å². The maximum atomic E-state index is 14.8. The fourth-order valence-electron chi connectivity index (χ4n) is 3.75. The number of amides is 2. The van der Waals surface area contributed by atoms with Crippen molar-refractivity contribution >= 4 is 12.0 Å². The quantitative estimate of drug-likeness (QED) is 0.678. The van der Waals surface area contributed by atoms with Gasteiger partial charge in [0.15, 0.2) is 0 Å². The summed E-state index contributed by atoms with van der Waals surface area (Å²) in [7, 11) is 0. The Kier molecular flexibility index (Phi) is 6.04. The van der Waals surface area contributed by atoms with Crippen molar-refractivity contribution in [2.24, 2.45) is 0 Å². The summed E-state index contributed by atoms with van der Waals surface area (Å²) >= 11 is 0. The summed E-state index contributed by atoms with van der Waals surface area (Å²) in [6, 6.07) is 1.93. The summed E-state index contributed by atoms with van der Waals surface area (Å²) in [6.45, 7) is 6.22. The minimum atomic E-state index is -2.96. The highest BCUT2D eigenvalue weighted by Crippen LogP contribution is 2.32. The van der Waals surface area contributed by atoms with Gasteiger partial charge in [-0.15, -0.1) is 10.2 Å². The fraction of sp³-hybridized carbons (Fsp3) is 0.524. The number of fused-ring (bicyclic) bond motifs is 1. The molecule has 0 unspecified atom stereocenters. The Morgan fingerprint density at radius 1 is 1.30 bits per heavy atom. The minimum absolute atomic E-state index is 0.00887. The third kappa shape index (κ3) is 4.80. The zero-order valence-corrected chi connectivity index (χ0v) is 18.3. The van der Waals surface area contributed by atoms with E-state index in [4.69, 9.17) is 13.9 Å². The molecular weight excluding hydrogens is 445 g/mol. The largest absolute Gasteiger partial charge is 0.444 e. The minimum Gasteiger partial charge on any atom is -0.444 e. The molecule has 1 fully saturated rings. The van der Waals surface area contributed by atoms with Gasteiger partial charge in [0, 0.05) is 36.3 Å². The molecule has 1 atom stereocenters. The van der Waals surface area contributed by atoms with E-state index in [1.54, 1.807) is 20.8 Å². The molecule has 2 aromatic rings. The molecule has 4 rings (SSSR count). The number of carbonyl (C=O) groups excluding carboxylic acids is 2. The van der Waals surface area contributed by atoms with Gasteiger partial charge < -0.3 is 18.8 Å². The molecule has 33 heavy (non-hydrogen) atoms. The lowest BCUT2D eigenvalue weighted by Gasteiger charge is -2.38. The monoisotopic (exact) mass is 468 g/mol. The second-order valence-electron chi connectivity index (χ2n) is 8.82. The van der Waals surface area contributed by atoms with Crippen molar-refractivity contribution in [1.29, 1.82) is 0 Å². The number of ether oxygens (including phenoxy) is 2. The third-order valence-corrected chi connectivity index (χ3v) is 5.22. The molecule has 2 aliphatic rings. The van der Waals surface area contributed by atoms with E-state index in [0.29, 0.717) is 13.2 Å². The summed E-state index contributed by atoms with van der Waals surface area (Å²) in [5.74, 6) is -2.36. The molecule has 178 valence electrons. The molecule has 2 amide bonds. The first-order chi connectivity index (χ1) is 15.5. The average molecular weight is 468 g/mol. The Balaban J connectivity index is 1.53. The average Bonchev–Trinajstić information content (AvgIpc) is 3.34. The van der Waals surface area contributed by atoms with Crippen LogP contribution in [0.5, 0.6) is 0 Å². The molecule has 12 heteroatoms. The van der Waals surface area contributed by atoms with Crippen molar-refractivity contribution in [3.8, 4) is 11.5 Å². The lowest BCUT2D eigenvalue weighted by molar-refractivity contribution is -0.0381. The van der Waals surface area contributed by atoms with Gasteiger partial charge >= 0.3 is 12.5 Å². The van der Waals surface area contributed by atoms with Crippen LogP contribution in [0.25, 0.3) is 11.5 Å². The lowest BCUT2D eigenvalue weighted by atomic mass is 10.1. The molecule has 0 radical (unpaired) electrons. The summed E-state index contributed by atoms with van der Waals surface area (Å²) in [5.41, 5.74) is -0.421. The van der Waals surface area contributed by atoms with Crippen LogP contribution in [0.4, 0.5) is 18.0 Å². The van der Waals surface area contributed by atoms with Gasteiger partial charge in [0.25, 0.3) is 11.8 Å². The van der Waals surface area contributed by atoms with Crippen LogP contribution in [0, 0.1) is 5.82 Å². The van der Waals surface area contributed by atoms with E-state index >= 15 is 0 Å². The van der Waals surface area contributed by atoms with E-state index in [1.165, 1.54) is 15.9 Å². The fourth-order valence-corrected chi connectivity index (χ4v) is 3.75. The molecule has 3 heterocycles. The van der Waals surface area contributed by atoms with Crippen molar-refractivity contribution in [3.63, 3.8) is 0 Å². The van der Waals surface area contributed by atoms with Crippen LogP contribution in [0.15, 0.2) is 16.5 Å². The molecule has 0 aliphatic carbocycles. The van der Waals surface area contributed by atoms with Crippen molar-refractivity contribution in [1.82, 2.24) is 20.0 Å². The Morgan fingerprint density at radius 3 is 2.73 bits per heavy atom. The second-order valence-corrected chi connectivity index (χ2v) is 8.82. The molecule has 0 bridgehead atoms. The number of aromatic nitrogens is 2. The number of hydrogen-bond donors (Lipinski definition) is 0. The normalized spacial score (nSPS) is 18.8. The van der Waals surface area contributed by atoms with Crippen LogP contribution in [0.3, 0.4) is 0 Å². The Labute approximate surface area is 187 Å². The highest BCUT2D eigenvalue weighted by Gasteiger charge is 2.37. The van der Waals surface area contributed by atoms with E-state index < -0.39 is 41.8 Å². The summed E-state index contributed by atoms with van der Waals surface area (Å²) in [4.78, 5) is 28.6. The van der Waals surface area contributed by atoms with Crippen molar-refractivity contribution in [2.45, 2.75) is 45.4 Å². The zero-order chi connectivity index (χ0) is 23.9. The first kappa shape index (κ1) is 23.0. The summed E-state index contributed by atoms with van der Waals surface area (Å²) < 4.78 is 56.1. The Hall–Kier alpha value is -3.15. The van der Waals surface area contributed by atoms with E-state index in [0.717, 1.165) is 6.07 Å². The number of nitrogens with zero attached hydrogens (tertiary/aromatic N) is 4. The number of morpholine rings is 1. The molecule has 9 nitrogen and oxygen atoms in total. The van der Waals surface area contributed by atoms with Gasteiger partial charge in [-0.2, -0.15) is 8.78 Å². The van der Waals surface area contributed by atoms with Crippen LogP contribution in [-0.4, -0.2) is 69.9 Å². The van der Waals surface area contributed by atoms with Crippen molar-refractivity contribution < 1.29 is 36.7 Å². The van der Waals surface area contributed by atoms with Crippen molar-refractivity contribution in [3.05, 3.63) is 35.0 Å². The maximum absolute atomic E-state index is 14.8. The van der Waals surface area contributed by atoms with Crippen LogP contribution >= 0.6 is 0 Å². The van der Waals surface area contributed by atoms with Gasteiger partial charge in [-0.1, -0.05) is 0 Å².